The molecule has 5 rings (SSSR count). The molecule has 1 saturated carbocycles. The van der Waals surface area contributed by atoms with Crippen LogP contribution < -0.4 is 0 Å². The van der Waals surface area contributed by atoms with E-state index in [4.69, 9.17) is 4.42 Å². The number of hydrogen-bond donors (Lipinski definition) is 0. The predicted molar refractivity (Wildman–Crippen MR) is 93.5 cm³/mol. The normalized spacial score (nSPS) is 20.4. The Balaban J connectivity index is 1.67. The van der Waals surface area contributed by atoms with Gasteiger partial charge >= 0.3 is 0 Å². The minimum atomic E-state index is 0.493. The molecule has 0 bridgehead atoms. The first-order valence-corrected chi connectivity index (χ1v) is 9.41. The van der Waals surface area contributed by atoms with Crippen LogP contribution in [-0.4, -0.2) is 24.5 Å². The Morgan fingerprint density at radius 3 is 2.84 bits per heavy atom. The summed E-state index contributed by atoms with van der Waals surface area (Å²) < 4.78 is 9.82. The SMILES string of the molecule is CCc1nnc2n1CC(C1CCCCC1)c1cnn(-c3ccco3)c1-2. The molecule has 25 heavy (non-hydrogen) atoms. The maximum atomic E-state index is 5.62. The molecule has 1 aliphatic carbocycles. The third-order valence-corrected chi connectivity index (χ3v) is 5.87. The van der Waals surface area contributed by atoms with Crippen molar-refractivity contribution < 1.29 is 4.42 Å². The van der Waals surface area contributed by atoms with Gasteiger partial charge < -0.3 is 8.98 Å². The zero-order chi connectivity index (χ0) is 16.8. The lowest BCUT2D eigenvalue weighted by molar-refractivity contribution is 0.280. The van der Waals surface area contributed by atoms with E-state index in [0.29, 0.717) is 5.92 Å². The van der Waals surface area contributed by atoms with Gasteiger partial charge in [0.15, 0.2) is 5.82 Å². The van der Waals surface area contributed by atoms with Crippen molar-refractivity contribution in [2.24, 2.45) is 5.92 Å². The summed E-state index contributed by atoms with van der Waals surface area (Å²) in [6.07, 6.45) is 11.3. The van der Waals surface area contributed by atoms with Crippen molar-refractivity contribution in [2.75, 3.05) is 0 Å². The molecule has 3 aromatic heterocycles. The van der Waals surface area contributed by atoms with E-state index in [-0.39, 0.29) is 0 Å². The van der Waals surface area contributed by atoms with Crippen LogP contribution >= 0.6 is 0 Å². The van der Waals surface area contributed by atoms with Crippen molar-refractivity contribution >= 4 is 0 Å². The molecule has 0 saturated heterocycles. The van der Waals surface area contributed by atoms with Crippen molar-refractivity contribution in [2.45, 2.75) is 57.9 Å². The van der Waals surface area contributed by atoms with Gasteiger partial charge in [-0.15, -0.1) is 10.2 Å². The quantitative estimate of drug-likeness (QED) is 0.725. The van der Waals surface area contributed by atoms with Crippen LogP contribution in [0.4, 0.5) is 0 Å². The average molecular weight is 337 g/mol. The molecule has 1 unspecified atom stereocenters. The third kappa shape index (κ3) is 2.27. The van der Waals surface area contributed by atoms with E-state index in [1.165, 1.54) is 37.7 Å². The van der Waals surface area contributed by atoms with E-state index in [1.54, 1.807) is 6.26 Å². The number of hydrogen-bond acceptors (Lipinski definition) is 4. The maximum absolute atomic E-state index is 5.62. The molecular formula is C19H23N5O. The minimum Gasteiger partial charge on any atom is -0.447 e. The summed E-state index contributed by atoms with van der Waals surface area (Å²) >= 11 is 0. The standard InChI is InChI=1S/C19H23N5O/c1-2-16-21-22-19-18-14(11-20-24(18)17-9-6-10-25-17)15(12-23(16)19)13-7-4-3-5-8-13/h6,9-11,13,15H,2-5,7-8,12H2,1H3. The molecule has 6 heteroatoms. The van der Waals surface area contributed by atoms with E-state index in [9.17, 15) is 0 Å². The first-order chi connectivity index (χ1) is 12.4. The first-order valence-electron chi connectivity index (χ1n) is 9.41. The lowest BCUT2D eigenvalue weighted by atomic mass is 9.75. The van der Waals surface area contributed by atoms with Crippen LogP contribution in [0.15, 0.2) is 29.0 Å². The lowest BCUT2D eigenvalue weighted by Gasteiger charge is -2.33. The Labute approximate surface area is 146 Å². The van der Waals surface area contributed by atoms with Gasteiger partial charge in [-0.2, -0.15) is 9.78 Å². The second-order valence-electron chi connectivity index (χ2n) is 7.22. The molecular weight excluding hydrogens is 314 g/mol. The molecule has 1 aliphatic heterocycles. The van der Waals surface area contributed by atoms with E-state index in [1.807, 2.05) is 23.0 Å². The van der Waals surface area contributed by atoms with Gasteiger partial charge in [-0.1, -0.05) is 26.2 Å². The molecule has 6 nitrogen and oxygen atoms in total. The molecule has 0 N–H and O–H groups in total. The van der Waals surface area contributed by atoms with Crippen LogP contribution in [0.2, 0.25) is 0 Å². The van der Waals surface area contributed by atoms with Gasteiger partial charge in [0.2, 0.25) is 5.88 Å². The van der Waals surface area contributed by atoms with Crippen LogP contribution in [0.5, 0.6) is 0 Å². The maximum Gasteiger partial charge on any atom is 0.220 e. The second kappa shape index (κ2) is 5.86. The second-order valence-corrected chi connectivity index (χ2v) is 7.22. The summed E-state index contributed by atoms with van der Waals surface area (Å²) in [4.78, 5) is 0. The Bertz CT molecular complexity index is 870. The summed E-state index contributed by atoms with van der Waals surface area (Å²) in [6.45, 7) is 3.12. The van der Waals surface area contributed by atoms with E-state index < -0.39 is 0 Å². The third-order valence-electron chi connectivity index (χ3n) is 5.87. The Morgan fingerprint density at radius 1 is 1.20 bits per heavy atom. The molecule has 0 amide bonds. The van der Waals surface area contributed by atoms with Crippen molar-refractivity contribution in [3.63, 3.8) is 0 Å². The van der Waals surface area contributed by atoms with Crippen LogP contribution in [0, 0.1) is 5.92 Å². The Hall–Kier alpha value is -2.37. The number of aromatic nitrogens is 5. The van der Waals surface area contributed by atoms with Gasteiger partial charge in [-0.25, -0.2) is 0 Å². The predicted octanol–water partition coefficient (Wildman–Crippen LogP) is 3.96. The number of aryl methyl sites for hydroxylation is 1. The van der Waals surface area contributed by atoms with Crippen molar-refractivity contribution in [3.05, 3.63) is 36.0 Å². The minimum absolute atomic E-state index is 0.493. The molecule has 4 heterocycles. The summed E-state index contributed by atoms with van der Waals surface area (Å²) in [6, 6.07) is 3.84. The molecule has 0 spiro atoms. The van der Waals surface area contributed by atoms with E-state index in [2.05, 4.69) is 26.8 Å². The fraction of sp³-hybridized carbons (Fsp3) is 0.526. The average Bonchev–Trinajstić information content (AvgIpc) is 3.39. The van der Waals surface area contributed by atoms with Gasteiger partial charge in [0.25, 0.3) is 0 Å². The molecule has 2 aliphatic rings. The molecule has 3 aromatic rings. The molecule has 0 aromatic carbocycles. The van der Waals surface area contributed by atoms with Crippen molar-refractivity contribution in [1.29, 1.82) is 0 Å². The van der Waals surface area contributed by atoms with Crippen molar-refractivity contribution in [1.82, 2.24) is 24.5 Å². The summed E-state index contributed by atoms with van der Waals surface area (Å²) in [5.74, 6) is 3.94. The van der Waals surface area contributed by atoms with Gasteiger partial charge in [-0.05, 0) is 24.8 Å². The Morgan fingerprint density at radius 2 is 2.08 bits per heavy atom. The highest BCUT2D eigenvalue weighted by atomic mass is 16.3. The van der Waals surface area contributed by atoms with Crippen LogP contribution in [0.3, 0.4) is 0 Å². The van der Waals surface area contributed by atoms with Gasteiger partial charge in [0.05, 0.1) is 12.5 Å². The highest BCUT2D eigenvalue weighted by molar-refractivity contribution is 5.61. The number of furan rings is 1. The summed E-state index contributed by atoms with van der Waals surface area (Å²) in [7, 11) is 0. The smallest absolute Gasteiger partial charge is 0.220 e. The Kier molecular flexibility index (Phi) is 3.50. The van der Waals surface area contributed by atoms with Gasteiger partial charge in [0, 0.05) is 30.5 Å². The fourth-order valence-corrected chi connectivity index (χ4v) is 4.61. The van der Waals surface area contributed by atoms with Crippen LogP contribution in [0.25, 0.3) is 17.4 Å². The highest BCUT2D eigenvalue weighted by Gasteiger charge is 2.36. The largest absolute Gasteiger partial charge is 0.447 e. The highest BCUT2D eigenvalue weighted by Crippen LogP contribution is 2.44. The molecule has 1 atom stereocenters. The fourth-order valence-electron chi connectivity index (χ4n) is 4.61. The van der Waals surface area contributed by atoms with Gasteiger partial charge in [-0.3, -0.25) is 0 Å². The number of rotatable bonds is 3. The topological polar surface area (TPSA) is 61.7 Å². The van der Waals surface area contributed by atoms with E-state index >= 15 is 0 Å². The summed E-state index contributed by atoms with van der Waals surface area (Å²) in [5, 5.41) is 13.6. The zero-order valence-electron chi connectivity index (χ0n) is 14.6. The number of nitrogens with zero attached hydrogens (tertiary/aromatic N) is 5. The number of fused-ring (bicyclic) bond motifs is 3. The first kappa shape index (κ1) is 14.9. The monoisotopic (exact) mass is 337 g/mol. The zero-order valence-corrected chi connectivity index (χ0v) is 14.6. The van der Waals surface area contributed by atoms with E-state index in [0.717, 1.165) is 42.1 Å². The van der Waals surface area contributed by atoms with Crippen molar-refractivity contribution in [3.8, 4) is 17.4 Å². The lowest BCUT2D eigenvalue weighted by Crippen LogP contribution is -2.26. The molecule has 1 fully saturated rings. The molecule has 0 radical (unpaired) electrons. The van der Waals surface area contributed by atoms with Crippen LogP contribution in [0.1, 0.15) is 56.3 Å². The molecule has 130 valence electrons. The van der Waals surface area contributed by atoms with Gasteiger partial charge in [0.1, 0.15) is 11.5 Å². The summed E-state index contributed by atoms with van der Waals surface area (Å²) in [5.41, 5.74) is 2.37. The van der Waals surface area contributed by atoms with Crippen LogP contribution in [-0.2, 0) is 13.0 Å².